The number of nitrogens with two attached hydrogens (primary N) is 1. The van der Waals surface area contributed by atoms with Gasteiger partial charge in [-0.15, -0.1) is 0 Å². The largest absolute Gasteiger partial charge is 0.493 e. The zero-order chi connectivity index (χ0) is 19.0. The molecule has 5 nitrogen and oxygen atoms in total. The second kappa shape index (κ2) is 6.58. The second-order valence-electron chi connectivity index (χ2n) is 6.21. The van der Waals surface area contributed by atoms with Gasteiger partial charge in [0.1, 0.15) is 17.4 Å². The molecule has 0 amide bonds. The Bertz CT molecular complexity index is 1110. The van der Waals surface area contributed by atoms with Gasteiger partial charge in [-0.2, -0.15) is 5.26 Å². The van der Waals surface area contributed by atoms with E-state index in [2.05, 4.69) is 6.07 Å². The van der Waals surface area contributed by atoms with Crippen molar-refractivity contribution in [3.05, 3.63) is 77.2 Å². The summed E-state index contributed by atoms with van der Waals surface area (Å²) >= 11 is 0. The number of nitriles is 1. The molecule has 0 saturated carbocycles. The third kappa shape index (κ3) is 2.54. The number of hydrogen-bond donors (Lipinski definition) is 1. The maximum Gasteiger partial charge on any atom is 0.205 e. The predicted molar refractivity (Wildman–Crippen MR) is 103 cm³/mol. The van der Waals surface area contributed by atoms with Gasteiger partial charge in [0.05, 0.1) is 20.1 Å². The number of benzene rings is 3. The molecule has 4 rings (SSSR count). The Balaban J connectivity index is 2.04. The lowest BCUT2D eigenvalue weighted by Gasteiger charge is -2.28. The number of fused-ring (bicyclic) bond motifs is 3. The molecule has 1 aliphatic heterocycles. The third-order valence-corrected chi connectivity index (χ3v) is 4.85. The van der Waals surface area contributed by atoms with E-state index < -0.39 is 5.92 Å². The van der Waals surface area contributed by atoms with Crippen LogP contribution in [0.5, 0.6) is 17.2 Å². The van der Waals surface area contributed by atoms with Crippen LogP contribution in [0.25, 0.3) is 10.8 Å². The van der Waals surface area contributed by atoms with Crippen LogP contribution in [0.4, 0.5) is 0 Å². The molecule has 0 aliphatic carbocycles. The average molecular weight is 358 g/mol. The number of allylic oxidation sites excluding steroid dienone is 1. The lowest BCUT2D eigenvalue weighted by Crippen LogP contribution is -2.21. The van der Waals surface area contributed by atoms with Gasteiger partial charge in [-0.25, -0.2) is 0 Å². The van der Waals surface area contributed by atoms with Gasteiger partial charge in [0.25, 0.3) is 0 Å². The Labute approximate surface area is 157 Å². The van der Waals surface area contributed by atoms with Crippen molar-refractivity contribution < 1.29 is 14.2 Å². The summed E-state index contributed by atoms with van der Waals surface area (Å²) in [6.07, 6.45) is 0. The predicted octanol–water partition coefficient (Wildman–Crippen LogP) is 4.08. The van der Waals surface area contributed by atoms with Crippen LogP contribution in [0.2, 0.25) is 0 Å². The van der Waals surface area contributed by atoms with Gasteiger partial charge >= 0.3 is 0 Å². The number of ether oxygens (including phenoxy) is 3. The topological polar surface area (TPSA) is 77.5 Å². The number of rotatable bonds is 3. The molecule has 0 radical (unpaired) electrons. The maximum absolute atomic E-state index is 9.78. The van der Waals surface area contributed by atoms with E-state index in [4.69, 9.17) is 19.9 Å². The molecule has 3 aromatic rings. The first-order chi connectivity index (χ1) is 13.2. The van der Waals surface area contributed by atoms with Crippen molar-refractivity contribution in [1.82, 2.24) is 0 Å². The van der Waals surface area contributed by atoms with Crippen molar-refractivity contribution in [2.45, 2.75) is 5.92 Å². The van der Waals surface area contributed by atoms with Crippen molar-refractivity contribution in [2.24, 2.45) is 5.73 Å². The molecule has 0 aromatic heterocycles. The Morgan fingerprint density at radius 2 is 1.78 bits per heavy atom. The van der Waals surface area contributed by atoms with Gasteiger partial charge in [0.15, 0.2) is 11.5 Å². The highest BCUT2D eigenvalue weighted by Gasteiger charge is 2.34. The summed E-state index contributed by atoms with van der Waals surface area (Å²) in [5.41, 5.74) is 8.17. The van der Waals surface area contributed by atoms with Crippen molar-refractivity contribution in [2.75, 3.05) is 14.2 Å². The van der Waals surface area contributed by atoms with Crippen molar-refractivity contribution in [3.8, 4) is 23.3 Å². The highest BCUT2D eigenvalue weighted by Crippen LogP contribution is 2.49. The summed E-state index contributed by atoms with van der Waals surface area (Å²) in [7, 11) is 3.17. The van der Waals surface area contributed by atoms with E-state index >= 15 is 0 Å². The van der Waals surface area contributed by atoms with E-state index in [0.717, 1.165) is 21.9 Å². The minimum absolute atomic E-state index is 0.108. The molecule has 0 spiro atoms. The van der Waals surface area contributed by atoms with Crippen LogP contribution in [0.1, 0.15) is 17.0 Å². The van der Waals surface area contributed by atoms with Crippen LogP contribution in [-0.2, 0) is 0 Å². The summed E-state index contributed by atoms with van der Waals surface area (Å²) < 4.78 is 16.9. The van der Waals surface area contributed by atoms with Gasteiger partial charge in [-0.3, -0.25) is 0 Å². The standard InChI is InChI=1S/C22H18N2O3/c1-25-18-9-5-8-15(21(18)26-2)19-16-11-10-13-6-3-4-7-14(13)20(16)27-22(24)17(19)12-23/h3-11,19H,24H2,1-2H3/t19-/m1/s1. The molecule has 134 valence electrons. The number of para-hydroxylation sites is 1. The van der Waals surface area contributed by atoms with E-state index in [0.29, 0.717) is 22.8 Å². The molecular weight excluding hydrogens is 340 g/mol. The normalized spacial score (nSPS) is 15.7. The lowest BCUT2D eigenvalue weighted by atomic mass is 9.82. The van der Waals surface area contributed by atoms with Crippen LogP contribution in [0, 0.1) is 11.3 Å². The summed E-state index contributed by atoms with van der Waals surface area (Å²) in [5.74, 6) is 1.54. The van der Waals surface area contributed by atoms with E-state index in [-0.39, 0.29) is 5.88 Å². The molecule has 2 N–H and O–H groups in total. The van der Waals surface area contributed by atoms with Gasteiger partial charge < -0.3 is 19.9 Å². The summed E-state index contributed by atoms with van der Waals surface area (Å²) in [6, 6.07) is 19.7. The van der Waals surface area contributed by atoms with Crippen molar-refractivity contribution >= 4 is 10.8 Å². The SMILES string of the molecule is COc1cccc([C@H]2C(C#N)=C(N)Oc3c2ccc2ccccc32)c1OC. The highest BCUT2D eigenvalue weighted by atomic mass is 16.5. The van der Waals surface area contributed by atoms with E-state index in [1.807, 2.05) is 54.6 Å². The molecule has 5 heteroatoms. The summed E-state index contributed by atoms with van der Waals surface area (Å²) in [5, 5.41) is 11.8. The van der Waals surface area contributed by atoms with Crippen molar-refractivity contribution in [3.63, 3.8) is 0 Å². The molecule has 3 aromatic carbocycles. The summed E-state index contributed by atoms with van der Waals surface area (Å²) in [6.45, 7) is 0. The fourth-order valence-electron chi connectivity index (χ4n) is 3.65. The number of hydrogen-bond acceptors (Lipinski definition) is 5. The van der Waals surface area contributed by atoms with Crippen LogP contribution < -0.4 is 19.9 Å². The second-order valence-corrected chi connectivity index (χ2v) is 6.21. The first kappa shape index (κ1) is 16.8. The molecule has 0 bridgehead atoms. The zero-order valence-electron chi connectivity index (χ0n) is 15.0. The first-order valence-electron chi connectivity index (χ1n) is 8.49. The van der Waals surface area contributed by atoms with Gasteiger partial charge in [0.2, 0.25) is 5.88 Å². The minimum atomic E-state index is -0.409. The molecule has 0 fully saturated rings. The van der Waals surface area contributed by atoms with E-state index in [9.17, 15) is 5.26 Å². The zero-order valence-corrected chi connectivity index (χ0v) is 15.0. The lowest BCUT2D eigenvalue weighted by molar-refractivity contribution is 0.349. The van der Waals surface area contributed by atoms with Crippen LogP contribution in [0.3, 0.4) is 0 Å². The monoisotopic (exact) mass is 358 g/mol. The van der Waals surface area contributed by atoms with Crippen LogP contribution in [0.15, 0.2) is 66.1 Å². The van der Waals surface area contributed by atoms with Crippen LogP contribution >= 0.6 is 0 Å². The average Bonchev–Trinajstić information content (AvgIpc) is 2.72. The van der Waals surface area contributed by atoms with E-state index in [1.54, 1.807) is 14.2 Å². The quantitative estimate of drug-likeness (QED) is 0.763. The Morgan fingerprint density at radius 1 is 0.963 bits per heavy atom. The summed E-state index contributed by atoms with van der Waals surface area (Å²) in [4.78, 5) is 0. The van der Waals surface area contributed by atoms with Gasteiger partial charge in [-0.1, -0.05) is 48.5 Å². The fraction of sp³-hybridized carbons (Fsp3) is 0.136. The molecule has 1 aliphatic rings. The van der Waals surface area contributed by atoms with Gasteiger partial charge in [0, 0.05) is 16.5 Å². The molecular formula is C22H18N2O3. The molecule has 1 atom stereocenters. The Hall–Kier alpha value is -3.65. The highest BCUT2D eigenvalue weighted by molar-refractivity contribution is 5.91. The molecule has 0 unspecified atom stereocenters. The van der Waals surface area contributed by atoms with E-state index in [1.165, 1.54) is 0 Å². The van der Waals surface area contributed by atoms with Gasteiger partial charge in [-0.05, 0) is 11.5 Å². The smallest absolute Gasteiger partial charge is 0.205 e. The number of methoxy groups -OCH3 is 2. The number of nitrogens with zero attached hydrogens (tertiary/aromatic N) is 1. The fourth-order valence-corrected chi connectivity index (χ4v) is 3.65. The third-order valence-electron chi connectivity index (χ3n) is 4.85. The Morgan fingerprint density at radius 3 is 2.52 bits per heavy atom. The maximum atomic E-state index is 9.78. The molecule has 27 heavy (non-hydrogen) atoms. The molecule has 1 heterocycles. The molecule has 0 saturated heterocycles. The first-order valence-corrected chi connectivity index (χ1v) is 8.49. The minimum Gasteiger partial charge on any atom is -0.493 e. The Kier molecular flexibility index (Phi) is 4.09. The van der Waals surface area contributed by atoms with Crippen molar-refractivity contribution in [1.29, 1.82) is 5.26 Å². The van der Waals surface area contributed by atoms with Crippen LogP contribution in [-0.4, -0.2) is 14.2 Å².